The van der Waals surface area contributed by atoms with Crippen LogP contribution in [0.2, 0.25) is 0 Å². The lowest BCUT2D eigenvalue weighted by Crippen LogP contribution is -2.12. The van der Waals surface area contributed by atoms with E-state index in [0.29, 0.717) is 0 Å². The molecular weight excluding hydrogens is 583 g/mol. The second-order valence-electron chi connectivity index (χ2n) is 12.1. The van der Waals surface area contributed by atoms with Crippen LogP contribution in [-0.4, -0.2) is 0 Å². The molecule has 9 aromatic rings. The molecule has 1 heterocycles. The number of benzene rings is 8. The van der Waals surface area contributed by atoms with Crippen molar-refractivity contribution in [3.8, 4) is 33.4 Å². The van der Waals surface area contributed by atoms with E-state index in [1.165, 1.54) is 21.9 Å². The molecular formula is C46H31NO. The van der Waals surface area contributed by atoms with Gasteiger partial charge in [-0.15, -0.1) is 0 Å². The van der Waals surface area contributed by atoms with Crippen molar-refractivity contribution < 1.29 is 4.42 Å². The number of para-hydroxylation sites is 4. The van der Waals surface area contributed by atoms with Gasteiger partial charge >= 0.3 is 0 Å². The first-order valence-electron chi connectivity index (χ1n) is 16.4. The molecule has 0 aliphatic rings. The number of rotatable bonds is 6. The van der Waals surface area contributed by atoms with Gasteiger partial charge in [0.25, 0.3) is 0 Å². The second kappa shape index (κ2) is 11.8. The Labute approximate surface area is 279 Å². The SMILES string of the molecule is c1ccc(-c2ccccc2N(c2ccccc2-c2cccc(-c3cccc4ccccc34)c2)c2cccc3c2oc2ccccc23)cc1. The molecule has 0 N–H and O–H groups in total. The summed E-state index contributed by atoms with van der Waals surface area (Å²) in [6, 6.07) is 66.9. The van der Waals surface area contributed by atoms with E-state index in [1.54, 1.807) is 0 Å². The molecule has 2 nitrogen and oxygen atoms in total. The fourth-order valence-corrected chi connectivity index (χ4v) is 7.07. The van der Waals surface area contributed by atoms with Gasteiger partial charge < -0.3 is 9.32 Å². The van der Waals surface area contributed by atoms with Crippen molar-refractivity contribution in [3.63, 3.8) is 0 Å². The lowest BCUT2D eigenvalue weighted by Gasteiger charge is -2.30. The summed E-state index contributed by atoms with van der Waals surface area (Å²) < 4.78 is 6.67. The van der Waals surface area contributed by atoms with Gasteiger partial charge in [0.05, 0.1) is 17.1 Å². The predicted octanol–water partition coefficient (Wildman–Crippen LogP) is 13.2. The van der Waals surface area contributed by atoms with Crippen molar-refractivity contribution in [2.45, 2.75) is 0 Å². The molecule has 8 aromatic carbocycles. The Morgan fingerprint density at radius 2 is 0.833 bits per heavy atom. The van der Waals surface area contributed by atoms with Gasteiger partial charge in [-0.05, 0) is 63.4 Å². The molecule has 0 aliphatic carbocycles. The number of nitrogens with zero attached hydrogens (tertiary/aromatic N) is 1. The Bertz CT molecular complexity index is 2570. The molecule has 9 rings (SSSR count). The van der Waals surface area contributed by atoms with E-state index in [-0.39, 0.29) is 0 Å². The Balaban J connectivity index is 1.30. The van der Waals surface area contributed by atoms with Gasteiger partial charge in [-0.1, -0.05) is 158 Å². The highest BCUT2D eigenvalue weighted by Crippen LogP contribution is 2.48. The van der Waals surface area contributed by atoms with Crippen LogP contribution < -0.4 is 4.90 Å². The second-order valence-corrected chi connectivity index (χ2v) is 12.1. The maximum absolute atomic E-state index is 6.67. The van der Waals surface area contributed by atoms with Gasteiger partial charge in [-0.25, -0.2) is 0 Å². The van der Waals surface area contributed by atoms with Crippen molar-refractivity contribution in [3.05, 3.63) is 188 Å². The highest BCUT2D eigenvalue weighted by atomic mass is 16.3. The molecule has 0 atom stereocenters. The third-order valence-electron chi connectivity index (χ3n) is 9.27. The number of furan rings is 1. The zero-order valence-electron chi connectivity index (χ0n) is 26.3. The van der Waals surface area contributed by atoms with Gasteiger partial charge in [0.15, 0.2) is 5.58 Å². The van der Waals surface area contributed by atoms with E-state index in [9.17, 15) is 0 Å². The summed E-state index contributed by atoms with van der Waals surface area (Å²) in [5, 5.41) is 4.70. The molecule has 0 spiro atoms. The van der Waals surface area contributed by atoms with Gasteiger partial charge in [0.1, 0.15) is 5.58 Å². The van der Waals surface area contributed by atoms with Crippen LogP contribution in [0.15, 0.2) is 192 Å². The number of hydrogen-bond acceptors (Lipinski definition) is 2. The first kappa shape index (κ1) is 27.9. The van der Waals surface area contributed by atoms with Crippen LogP contribution >= 0.6 is 0 Å². The summed E-state index contributed by atoms with van der Waals surface area (Å²) >= 11 is 0. The molecule has 0 saturated carbocycles. The molecule has 48 heavy (non-hydrogen) atoms. The zero-order valence-corrected chi connectivity index (χ0v) is 26.3. The van der Waals surface area contributed by atoms with E-state index in [1.807, 2.05) is 12.1 Å². The number of fused-ring (bicyclic) bond motifs is 4. The Morgan fingerprint density at radius 1 is 0.333 bits per heavy atom. The van der Waals surface area contributed by atoms with E-state index in [4.69, 9.17) is 4.42 Å². The predicted molar refractivity (Wildman–Crippen MR) is 202 cm³/mol. The van der Waals surface area contributed by atoms with Crippen LogP contribution in [0.1, 0.15) is 0 Å². The van der Waals surface area contributed by atoms with E-state index in [2.05, 4.69) is 181 Å². The minimum absolute atomic E-state index is 0.862. The van der Waals surface area contributed by atoms with Gasteiger partial charge in [0, 0.05) is 21.9 Å². The van der Waals surface area contributed by atoms with Crippen LogP contribution in [0.5, 0.6) is 0 Å². The minimum Gasteiger partial charge on any atom is -0.454 e. The molecule has 2 heteroatoms. The van der Waals surface area contributed by atoms with Crippen LogP contribution in [-0.2, 0) is 0 Å². The molecule has 0 aliphatic heterocycles. The van der Waals surface area contributed by atoms with Gasteiger partial charge in [0.2, 0.25) is 0 Å². The summed E-state index contributed by atoms with van der Waals surface area (Å²) in [5.74, 6) is 0. The van der Waals surface area contributed by atoms with Crippen LogP contribution in [0.4, 0.5) is 17.1 Å². The molecule has 0 bridgehead atoms. The van der Waals surface area contributed by atoms with E-state index in [0.717, 1.165) is 61.3 Å². The summed E-state index contributed by atoms with van der Waals surface area (Å²) in [6.07, 6.45) is 0. The summed E-state index contributed by atoms with van der Waals surface area (Å²) in [4.78, 5) is 2.38. The highest BCUT2D eigenvalue weighted by Gasteiger charge is 2.24. The van der Waals surface area contributed by atoms with Crippen LogP contribution in [0.3, 0.4) is 0 Å². The first-order chi connectivity index (χ1) is 23.8. The molecule has 0 amide bonds. The maximum atomic E-state index is 6.67. The summed E-state index contributed by atoms with van der Waals surface area (Å²) in [6.45, 7) is 0. The Hall–Kier alpha value is -6.38. The Morgan fingerprint density at radius 3 is 1.65 bits per heavy atom. The van der Waals surface area contributed by atoms with Crippen molar-refractivity contribution in [2.75, 3.05) is 4.90 Å². The van der Waals surface area contributed by atoms with Gasteiger partial charge in [-0.3, -0.25) is 0 Å². The number of hydrogen-bond donors (Lipinski definition) is 0. The molecule has 0 fully saturated rings. The van der Waals surface area contributed by atoms with Crippen molar-refractivity contribution in [1.82, 2.24) is 0 Å². The lowest BCUT2D eigenvalue weighted by atomic mass is 9.94. The average molecular weight is 614 g/mol. The molecule has 1 aromatic heterocycles. The molecule has 0 radical (unpaired) electrons. The van der Waals surface area contributed by atoms with E-state index >= 15 is 0 Å². The maximum Gasteiger partial charge on any atom is 0.159 e. The lowest BCUT2D eigenvalue weighted by molar-refractivity contribution is 0.669. The van der Waals surface area contributed by atoms with Gasteiger partial charge in [-0.2, -0.15) is 0 Å². The van der Waals surface area contributed by atoms with Crippen molar-refractivity contribution in [2.24, 2.45) is 0 Å². The topological polar surface area (TPSA) is 16.4 Å². The standard InChI is InChI=1S/C46H31NO/c1-2-15-33(16-3-1)38-22-6-9-27-42(38)47(44-29-14-26-41-40-24-8-11-30-45(40)48-46(41)44)43-28-10-7-23-39(43)35-20-12-19-34(31-35)37-25-13-18-32-17-4-5-21-36(32)37/h1-31H. The molecule has 226 valence electrons. The van der Waals surface area contributed by atoms with E-state index < -0.39 is 0 Å². The quantitative estimate of drug-likeness (QED) is 0.185. The number of anilines is 3. The molecule has 0 saturated heterocycles. The van der Waals surface area contributed by atoms with Crippen LogP contribution in [0.25, 0.3) is 66.1 Å². The third-order valence-corrected chi connectivity index (χ3v) is 9.27. The Kier molecular flexibility index (Phi) is 6.84. The van der Waals surface area contributed by atoms with Crippen molar-refractivity contribution in [1.29, 1.82) is 0 Å². The minimum atomic E-state index is 0.862. The summed E-state index contributed by atoms with van der Waals surface area (Å²) in [5.41, 5.74) is 11.9. The first-order valence-corrected chi connectivity index (χ1v) is 16.4. The average Bonchev–Trinajstić information content (AvgIpc) is 3.55. The third kappa shape index (κ3) is 4.74. The fourth-order valence-electron chi connectivity index (χ4n) is 7.07. The highest BCUT2D eigenvalue weighted by molar-refractivity contribution is 6.11. The molecule has 0 unspecified atom stereocenters. The van der Waals surface area contributed by atoms with Crippen molar-refractivity contribution >= 4 is 49.8 Å². The monoisotopic (exact) mass is 613 g/mol. The fraction of sp³-hybridized carbons (Fsp3) is 0. The smallest absolute Gasteiger partial charge is 0.159 e. The largest absolute Gasteiger partial charge is 0.454 e. The normalized spacial score (nSPS) is 11.3. The van der Waals surface area contributed by atoms with Crippen LogP contribution in [0, 0.1) is 0 Å². The summed E-state index contributed by atoms with van der Waals surface area (Å²) in [7, 11) is 0. The zero-order chi connectivity index (χ0) is 31.9.